The van der Waals surface area contributed by atoms with Crippen molar-refractivity contribution in [1.82, 2.24) is 0 Å². The Morgan fingerprint density at radius 3 is 1.31 bits per heavy atom. The van der Waals surface area contributed by atoms with Crippen molar-refractivity contribution in [3.8, 4) is 34.5 Å². The molecule has 0 heterocycles. The van der Waals surface area contributed by atoms with Crippen molar-refractivity contribution < 1.29 is 33.2 Å². The van der Waals surface area contributed by atoms with Crippen LogP contribution in [0.1, 0.15) is 129 Å². The lowest BCUT2D eigenvalue weighted by molar-refractivity contribution is 0.108. The summed E-state index contributed by atoms with van der Waals surface area (Å²) in [6.45, 7) is 15.1. The quantitative estimate of drug-likeness (QED) is 0.0865. The van der Waals surface area contributed by atoms with Gasteiger partial charge < -0.3 is 28.4 Å². The molecule has 0 amide bonds. The van der Waals surface area contributed by atoms with Gasteiger partial charge in [0, 0.05) is 24.3 Å². The van der Waals surface area contributed by atoms with Crippen LogP contribution in [0.3, 0.4) is 0 Å². The molecule has 0 aliphatic heterocycles. The summed E-state index contributed by atoms with van der Waals surface area (Å²) in [6.07, 6.45) is 13.5. The molecule has 4 atom stereocenters. The van der Waals surface area contributed by atoms with Crippen LogP contribution in [-0.2, 0) is 0 Å². The van der Waals surface area contributed by atoms with E-state index in [0.29, 0.717) is 71.9 Å². The van der Waals surface area contributed by atoms with Crippen LogP contribution >= 0.6 is 8.58 Å². The van der Waals surface area contributed by atoms with Gasteiger partial charge in [-0.25, -0.2) is 0 Å². The van der Waals surface area contributed by atoms with E-state index >= 15 is 0 Å². The summed E-state index contributed by atoms with van der Waals surface area (Å²) >= 11 is 0. The molecule has 2 aromatic rings. The van der Waals surface area contributed by atoms with Crippen LogP contribution in [0.15, 0.2) is 24.3 Å². The molecule has 2 rings (SSSR count). The van der Waals surface area contributed by atoms with E-state index in [2.05, 4.69) is 41.5 Å². The zero-order valence-corrected chi connectivity index (χ0v) is 32.5. The van der Waals surface area contributed by atoms with E-state index in [4.69, 9.17) is 28.4 Å². The van der Waals surface area contributed by atoms with Crippen LogP contribution in [0.4, 0.5) is 0 Å². The molecule has 0 N–H and O–H groups in total. The maximum absolute atomic E-state index is 14.3. The first-order chi connectivity index (χ1) is 23.3. The summed E-state index contributed by atoms with van der Waals surface area (Å²) in [4.78, 5) is 14.3. The van der Waals surface area contributed by atoms with Crippen LogP contribution in [0.5, 0.6) is 34.5 Å². The molecule has 0 fully saturated rings. The standard InChI is InChI=1S/C40H65O7P/c1-10-16-19-29(13-4)26-45-33-24-36(46-27-30(14-5)20-17-11-2)39(37(25-33)47-28-31(15-6)21-18-12-3)48-40(41)38-34(43-8)22-32(42-7)23-35(38)44-9/h22-25,29-31,48H,10-21,26-28H2,1-9H3. The van der Waals surface area contributed by atoms with Crippen molar-refractivity contribution in [3.05, 3.63) is 29.8 Å². The number of rotatable bonds is 27. The molecule has 0 spiro atoms. The molecule has 4 unspecified atom stereocenters. The number of benzene rings is 2. The van der Waals surface area contributed by atoms with E-state index in [1.165, 1.54) is 12.8 Å². The monoisotopic (exact) mass is 688 g/mol. The minimum atomic E-state index is -0.292. The van der Waals surface area contributed by atoms with E-state index in [-0.39, 0.29) is 14.1 Å². The fourth-order valence-electron chi connectivity index (χ4n) is 5.73. The molecule has 0 aliphatic rings. The summed E-state index contributed by atoms with van der Waals surface area (Å²) in [7, 11) is 4.39. The summed E-state index contributed by atoms with van der Waals surface area (Å²) in [5, 5.41) is 0.751. The lowest BCUT2D eigenvalue weighted by atomic mass is 10.0. The Balaban J connectivity index is 2.64. The van der Waals surface area contributed by atoms with Crippen molar-refractivity contribution in [2.75, 3.05) is 41.2 Å². The van der Waals surface area contributed by atoms with E-state index < -0.39 is 0 Å². The Kier molecular flexibility index (Phi) is 20.5. The maximum atomic E-state index is 14.3. The average Bonchev–Trinajstić information content (AvgIpc) is 3.11. The number of hydrogen-bond donors (Lipinski definition) is 0. The van der Waals surface area contributed by atoms with Gasteiger partial charge >= 0.3 is 0 Å². The third-order valence-electron chi connectivity index (χ3n) is 9.28. The van der Waals surface area contributed by atoms with E-state index in [9.17, 15) is 4.79 Å². The van der Waals surface area contributed by atoms with E-state index in [1.54, 1.807) is 33.5 Å². The Morgan fingerprint density at radius 1 is 0.562 bits per heavy atom. The van der Waals surface area contributed by atoms with Gasteiger partial charge in [-0.05, 0) is 45.6 Å². The van der Waals surface area contributed by atoms with E-state index in [0.717, 1.165) is 75.3 Å². The first-order valence-corrected chi connectivity index (χ1v) is 19.5. The molecule has 8 heteroatoms. The first kappa shape index (κ1) is 41.5. The van der Waals surface area contributed by atoms with Crippen molar-refractivity contribution in [2.24, 2.45) is 17.8 Å². The third kappa shape index (κ3) is 13.3. The Hall–Kier alpha value is -2.66. The topological polar surface area (TPSA) is 72.5 Å². The molecule has 0 saturated heterocycles. The van der Waals surface area contributed by atoms with Gasteiger partial charge in [0.2, 0.25) is 0 Å². The number of methoxy groups -OCH3 is 3. The van der Waals surface area contributed by atoms with Gasteiger partial charge in [-0.2, -0.15) is 0 Å². The van der Waals surface area contributed by atoms with Crippen molar-refractivity contribution in [3.63, 3.8) is 0 Å². The molecule has 0 aromatic heterocycles. The van der Waals surface area contributed by atoms with Crippen LogP contribution in [0.25, 0.3) is 0 Å². The minimum Gasteiger partial charge on any atom is -0.496 e. The fraction of sp³-hybridized carbons (Fsp3) is 0.675. The molecule has 0 saturated carbocycles. The highest BCUT2D eigenvalue weighted by atomic mass is 31.1. The van der Waals surface area contributed by atoms with Gasteiger partial charge in [-0.15, -0.1) is 0 Å². The third-order valence-corrected chi connectivity index (χ3v) is 10.5. The highest BCUT2D eigenvalue weighted by Gasteiger charge is 2.26. The van der Waals surface area contributed by atoms with Crippen molar-refractivity contribution in [2.45, 2.75) is 119 Å². The van der Waals surface area contributed by atoms with Gasteiger partial charge in [0.1, 0.15) is 40.1 Å². The average molecular weight is 689 g/mol. The number of ether oxygens (including phenoxy) is 6. The van der Waals surface area contributed by atoms with Gasteiger partial charge in [0.05, 0.1) is 46.5 Å². The molecular formula is C40H65O7P. The zero-order chi connectivity index (χ0) is 35.3. The van der Waals surface area contributed by atoms with Crippen LogP contribution in [0.2, 0.25) is 0 Å². The number of unbranched alkanes of at least 4 members (excludes halogenated alkanes) is 3. The molecule has 2 aromatic carbocycles. The predicted octanol–water partition coefficient (Wildman–Crippen LogP) is 10.6. The van der Waals surface area contributed by atoms with Gasteiger partial charge in [-0.3, -0.25) is 4.79 Å². The molecule has 48 heavy (non-hydrogen) atoms. The molecule has 0 aliphatic carbocycles. The summed E-state index contributed by atoms with van der Waals surface area (Å²) in [5.41, 5.74) is 0.248. The molecule has 272 valence electrons. The number of carbonyl (C=O) groups excluding carboxylic acids is 1. The van der Waals surface area contributed by atoms with Crippen molar-refractivity contribution >= 4 is 19.4 Å². The van der Waals surface area contributed by atoms with Gasteiger partial charge in [0.25, 0.3) is 0 Å². The maximum Gasteiger partial charge on any atom is 0.193 e. The normalized spacial score (nSPS) is 13.3. The summed E-state index contributed by atoms with van der Waals surface area (Å²) < 4.78 is 36.6. The summed E-state index contributed by atoms with van der Waals surface area (Å²) in [6, 6.07) is 7.37. The van der Waals surface area contributed by atoms with Gasteiger partial charge in [-0.1, -0.05) is 99.3 Å². The predicted molar refractivity (Wildman–Crippen MR) is 201 cm³/mol. The second-order valence-electron chi connectivity index (χ2n) is 12.8. The number of carbonyl (C=O) groups is 1. The smallest absolute Gasteiger partial charge is 0.193 e. The van der Waals surface area contributed by atoms with Crippen LogP contribution in [0, 0.1) is 17.8 Å². The largest absolute Gasteiger partial charge is 0.496 e. The van der Waals surface area contributed by atoms with E-state index in [1.807, 2.05) is 12.1 Å². The molecule has 0 radical (unpaired) electrons. The Bertz CT molecular complexity index is 1130. The second kappa shape index (κ2) is 23.7. The van der Waals surface area contributed by atoms with Crippen LogP contribution in [-0.4, -0.2) is 46.7 Å². The minimum absolute atomic E-state index is 0.128. The fourth-order valence-corrected chi connectivity index (χ4v) is 6.86. The van der Waals surface area contributed by atoms with Gasteiger partial charge in [0.15, 0.2) is 5.52 Å². The lowest BCUT2D eigenvalue weighted by Gasteiger charge is -2.23. The summed E-state index contributed by atoms with van der Waals surface area (Å²) in [5.74, 6) is 4.71. The molecule has 7 nitrogen and oxygen atoms in total. The molecule has 0 bridgehead atoms. The SMILES string of the molecule is CCCCC(CC)COc1cc(OCC(CC)CCCC)c(PC(=O)c2c(OC)cc(OC)cc2OC)c(OCC(CC)CCCC)c1. The van der Waals surface area contributed by atoms with Crippen molar-refractivity contribution in [1.29, 1.82) is 0 Å². The first-order valence-electron chi connectivity index (χ1n) is 18.5. The highest BCUT2D eigenvalue weighted by Crippen LogP contribution is 2.41. The highest BCUT2D eigenvalue weighted by molar-refractivity contribution is 7.66. The molecular weight excluding hydrogens is 623 g/mol. The van der Waals surface area contributed by atoms with Crippen LogP contribution < -0.4 is 33.7 Å². The lowest BCUT2D eigenvalue weighted by Crippen LogP contribution is -2.19. The zero-order valence-electron chi connectivity index (χ0n) is 31.5. The second-order valence-corrected chi connectivity index (χ2v) is 14.0. The Morgan fingerprint density at radius 2 is 0.958 bits per heavy atom. The number of hydrogen-bond acceptors (Lipinski definition) is 7. The Labute approximate surface area is 293 Å².